The van der Waals surface area contributed by atoms with Crippen LogP contribution in [0.25, 0.3) is 0 Å². The van der Waals surface area contributed by atoms with E-state index in [1.807, 2.05) is 12.1 Å². The Morgan fingerprint density at radius 1 is 1.54 bits per heavy atom. The lowest BCUT2D eigenvalue weighted by atomic mass is 10.0. The zero-order valence-corrected chi connectivity index (χ0v) is 7.90. The number of aliphatic hydroxyl groups excluding tert-OH is 1. The molecule has 1 atom stereocenters. The molecule has 0 amide bonds. The third-order valence-electron chi connectivity index (χ3n) is 2.74. The van der Waals surface area contributed by atoms with Gasteiger partial charge in [0, 0.05) is 18.3 Å². The molecule has 1 N–H and O–H groups in total. The molecule has 1 aromatic rings. The van der Waals surface area contributed by atoms with E-state index in [2.05, 4.69) is 24.0 Å². The molecular formula is C11H15NO. The Bertz CT molecular complexity index is 298. The van der Waals surface area contributed by atoms with Gasteiger partial charge in [0.25, 0.3) is 0 Å². The summed E-state index contributed by atoms with van der Waals surface area (Å²) in [5, 5.41) is 8.98. The van der Waals surface area contributed by atoms with E-state index in [-0.39, 0.29) is 6.61 Å². The summed E-state index contributed by atoms with van der Waals surface area (Å²) in [6.07, 6.45) is 1.28. The number of anilines is 1. The molecule has 2 rings (SSSR count). The van der Waals surface area contributed by atoms with Gasteiger partial charge in [-0.2, -0.15) is 0 Å². The lowest BCUT2D eigenvalue weighted by Gasteiger charge is -2.41. The summed E-state index contributed by atoms with van der Waals surface area (Å²) < 4.78 is 0. The minimum absolute atomic E-state index is 0.135. The van der Waals surface area contributed by atoms with Crippen LogP contribution in [0.2, 0.25) is 0 Å². The summed E-state index contributed by atoms with van der Waals surface area (Å²) in [5.41, 5.74) is 2.24. The number of benzene rings is 1. The van der Waals surface area contributed by atoms with Gasteiger partial charge in [0.05, 0.1) is 6.61 Å². The van der Waals surface area contributed by atoms with Crippen molar-refractivity contribution in [3.05, 3.63) is 29.8 Å². The number of nitrogens with zero attached hydrogens (tertiary/aromatic N) is 1. The Kier molecular flexibility index (Phi) is 2.23. The molecule has 0 aliphatic carbocycles. The van der Waals surface area contributed by atoms with Crippen molar-refractivity contribution < 1.29 is 5.11 Å². The highest BCUT2D eigenvalue weighted by Gasteiger charge is 2.23. The van der Waals surface area contributed by atoms with Crippen molar-refractivity contribution in [2.75, 3.05) is 11.4 Å². The van der Waals surface area contributed by atoms with E-state index < -0.39 is 0 Å². The van der Waals surface area contributed by atoms with Crippen molar-refractivity contribution >= 4 is 5.69 Å². The minimum atomic E-state index is 0.135. The third-order valence-corrected chi connectivity index (χ3v) is 2.74. The number of rotatable bonds is 2. The van der Waals surface area contributed by atoms with Crippen LogP contribution in [-0.4, -0.2) is 17.7 Å². The second-order valence-electron chi connectivity index (χ2n) is 3.66. The van der Waals surface area contributed by atoms with Crippen molar-refractivity contribution in [2.24, 2.45) is 0 Å². The second kappa shape index (κ2) is 3.38. The maximum atomic E-state index is 8.98. The first-order chi connectivity index (χ1) is 6.31. The molecule has 0 bridgehead atoms. The van der Waals surface area contributed by atoms with Crippen LogP contribution in [0.3, 0.4) is 0 Å². The SMILES string of the molecule is CC1CCN1c1cccc(CO)c1. The molecule has 1 aliphatic rings. The van der Waals surface area contributed by atoms with Crippen LogP contribution in [0.15, 0.2) is 24.3 Å². The third kappa shape index (κ3) is 1.54. The molecule has 0 saturated carbocycles. The molecule has 70 valence electrons. The van der Waals surface area contributed by atoms with E-state index in [1.165, 1.54) is 12.1 Å². The summed E-state index contributed by atoms with van der Waals surface area (Å²) in [4.78, 5) is 2.36. The molecule has 1 aromatic carbocycles. The van der Waals surface area contributed by atoms with Gasteiger partial charge in [-0.3, -0.25) is 0 Å². The molecular weight excluding hydrogens is 162 g/mol. The largest absolute Gasteiger partial charge is 0.392 e. The van der Waals surface area contributed by atoms with E-state index in [0.717, 1.165) is 12.1 Å². The van der Waals surface area contributed by atoms with Gasteiger partial charge in [0.1, 0.15) is 0 Å². The van der Waals surface area contributed by atoms with Gasteiger partial charge in [-0.05, 0) is 31.0 Å². The molecule has 1 unspecified atom stereocenters. The molecule has 0 spiro atoms. The summed E-state index contributed by atoms with van der Waals surface area (Å²) in [6.45, 7) is 3.52. The van der Waals surface area contributed by atoms with Gasteiger partial charge in [0.2, 0.25) is 0 Å². The molecule has 2 heteroatoms. The smallest absolute Gasteiger partial charge is 0.0682 e. The summed E-state index contributed by atoms with van der Waals surface area (Å²) in [6, 6.07) is 8.79. The molecule has 2 nitrogen and oxygen atoms in total. The fourth-order valence-corrected chi connectivity index (χ4v) is 1.73. The van der Waals surface area contributed by atoms with E-state index in [0.29, 0.717) is 6.04 Å². The van der Waals surface area contributed by atoms with Crippen molar-refractivity contribution in [1.82, 2.24) is 0 Å². The van der Waals surface area contributed by atoms with Crippen LogP contribution in [0, 0.1) is 0 Å². The first-order valence-corrected chi connectivity index (χ1v) is 4.77. The van der Waals surface area contributed by atoms with Crippen LogP contribution in [-0.2, 0) is 6.61 Å². The Morgan fingerprint density at radius 3 is 2.92 bits per heavy atom. The summed E-state index contributed by atoms with van der Waals surface area (Å²) >= 11 is 0. The van der Waals surface area contributed by atoms with Crippen LogP contribution >= 0.6 is 0 Å². The maximum absolute atomic E-state index is 8.98. The summed E-state index contributed by atoms with van der Waals surface area (Å²) in [7, 11) is 0. The van der Waals surface area contributed by atoms with Crippen molar-refractivity contribution in [3.8, 4) is 0 Å². The second-order valence-corrected chi connectivity index (χ2v) is 3.66. The van der Waals surface area contributed by atoms with Crippen LogP contribution in [0.4, 0.5) is 5.69 Å². The highest BCUT2D eigenvalue weighted by atomic mass is 16.3. The zero-order chi connectivity index (χ0) is 9.26. The monoisotopic (exact) mass is 177 g/mol. The fraction of sp³-hybridized carbons (Fsp3) is 0.455. The average molecular weight is 177 g/mol. The first kappa shape index (κ1) is 8.57. The highest BCUT2D eigenvalue weighted by Crippen LogP contribution is 2.26. The van der Waals surface area contributed by atoms with Crippen molar-refractivity contribution in [3.63, 3.8) is 0 Å². The number of hydrogen-bond acceptors (Lipinski definition) is 2. The molecule has 13 heavy (non-hydrogen) atoms. The maximum Gasteiger partial charge on any atom is 0.0682 e. The Morgan fingerprint density at radius 2 is 2.38 bits per heavy atom. The van der Waals surface area contributed by atoms with Crippen LogP contribution < -0.4 is 4.90 Å². The number of aliphatic hydroxyl groups is 1. The topological polar surface area (TPSA) is 23.5 Å². The van der Waals surface area contributed by atoms with E-state index in [1.54, 1.807) is 0 Å². The van der Waals surface area contributed by atoms with Gasteiger partial charge in [0.15, 0.2) is 0 Å². The Hall–Kier alpha value is -1.02. The minimum Gasteiger partial charge on any atom is -0.392 e. The van der Waals surface area contributed by atoms with Gasteiger partial charge >= 0.3 is 0 Å². The predicted molar refractivity (Wildman–Crippen MR) is 53.8 cm³/mol. The standard InChI is InChI=1S/C11H15NO/c1-9-5-6-12(9)11-4-2-3-10(7-11)8-13/h2-4,7,9,13H,5-6,8H2,1H3. The fourth-order valence-electron chi connectivity index (χ4n) is 1.73. The lowest BCUT2D eigenvalue weighted by molar-refractivity contribution is 0.282. The number of hydrogen-bond donors (Lipinski definition) is 1. The predicted octanol–water partition coefficient (Wildman–Crippen LogP) is 1.78. The molecule has 1 aliphatic heterocycles. The quantitative estimate of drug-likeness (QED) is 0.744. The summed E-state index contributed by atoms with van der Waals surface area (Å²) in [5.74, 6) is 0. The van der Waals surface area contributed by atoms with E-state index >= 15 is 0 Å². The molecule has 0 aromatic heterocycles. The van der Waals surface area contributed by atoms with E-state index in [4.69, 9.17) is 5.11 Å². The van der Waals surface area contributed by atoms with Gasteiger partial charge in [-0.15, -0.1) is 0 Å². The van der Waals surface area contributed by atoms with Gasteiger partial charge in [-0.25, -0.2) is 0 Å². The van der Waals surface area contributed by atoms with Crippen LogP contribution in [0.1, 0.15) is 18.9 Å². The normalized spacial score (nSPS) is 21.4. The Labute approximate surface area is 78.8 Å². The van der Waals surface area contributed by atoms with Gasteiger partial charge < -0.3 is 10.0 Å². The van der Waals surface area contributed by atoms with Gasteiger partial charge in [-0.1, -0.05) is 12.1 Å². The van der Waals surface area contributed by atoms with Crippen molar-refractivity contribution in [2.45, 2.75) is 26.0 Å². The Balaban J connectivity index is 2.20. The van der Waals surface area contributed by atoms with Crippen LogP contribution in [0.5, 0.6) is 0 Å². The molecule has 1 heterocycles. The zero-order valence-electron chi connectivity index (χ0n) is 7.90. The van der Waals surface area contributed by atoms with Crippen molar-refractivity contribution in [1.29, 1.82) is 0 Å². The average Bonchev–Trinajstić information content (AvgIpc) is 2.16. The molecule has 0 radical (unpaired) electrons. The molecule has 1 fully saturated rings. The molecule has 1 saturated heterocycles. The van der Waals surface area contributed by atoms with E-state index in [9.17, 15) is 0 Å². The highest BCUT2D eigenvalue weighted by molar-refractivity contribution is 5.51. The first-order valence-electron chi connectivity index (χ1n) is 4.77. The lowest BCUT2D eigenvalue weighted by Crippen LogP contribution is -2.45.